The average Bonchev–Trinajstić information content (AvgIpc) is 3.21. The molecular weight excluding hydrogens is 304 g/mol. The van der Waals surface area contributed by atoms with Crippen molar-refractivity contribution in [2.75, 3.05) is 40.3 Å². The van der Waals surface area contributed by atoms with E-state index in [4.69, 9.17) is 0 Å². The lowest BCUT2D eigenvalue weighted by Crippen LogP contribution is -2.45. The van der Waals surface area contributed by atoms with Crippen molar-refractivity contribution in [1.82, 2.24) is 20.7 Å². The third-order valence-electron chi connectivity index (χ3n) is 5.13. The molecule has 0 aliphatic carbocycles. The van der Waals surface area contributed by atoms with Gasteiger partial charge in [0.1, 0.15) is 6.04 Å². The Morgan fingerprint density at radius 3 is 2.58 bits per heavy atom. The summed E-state index contributed by atoms with van der Waals surface area (Å²) in [5.41, 5.74) is 7.59. The van der Waals surface area contributed by atoms with Crippen LogP contribution in [0, 0.1) is 11.8 Å². The molecule has 2 aliphatic heterocycles. The maximum absolute atomic E-state index is 12.8. The molecule has 2 saturated heterocycles. The molecule has 2 fully saturated rings. The highest BCUT2D eigenvalue weighted by molar-refractivity contribution is 5.82. The molecule has 2 unspecified atom stereocenters. The first-order valence-electron chi connectivity index (χ1n) is 8.69. The van der Waals surface area contributed by atoms with E-state index in [0.29, 0.717) is 12.5 Å². The number of hydrazine groups is 1. The third-order valence-corrected chi connectivity index (χ3v) is 5.13. The van der Waals surface area contributed by atoms with Crippen LogP contribution in [-0.2, 0) is 4.79 Å². The lowest BCUT2D eigenvalue weighted by Gasteiger charge is -2.21. The monoisotopic (exact) mass is 332 g/mol. The summed E-state index contributed by atoms with van der Waals surface area (Å²) in [5, 5.41) is 9.62. The number of aliphatic hydroxyl groups is 1. The number of nitrogens with zero attached hydrogens (tertiary/aromatic N) is 2. The van der Waals surface area contributed by atoms with Crippen molar-refractivity contribution < 1.29 is 9.90 Å². The molecule has 1 aromatic carbocycles. The van der Waals surface area contributed by atoms with Gasteiger partial charge in [-0.2, -0.15) is 0 Å². The number of hydrogen-bond acceptors (Lipinski definition) is 5. The Hall–Kier alpha value is -1.47. The van der Waals surface area contributed by atoms with E-state index in [1.165, 1.54) is 5.56 Å². The van der Waals surface area contributed by atoms with Crippen molar-refractivity contribution in [1.29, 1.82) is 0 Å². The van der Waals surface area contributed by atoms with Gasteiger partial charge in [-0.05, 0) is 32.0 Å². The molecule has 6 nitrogen and oxygen atoms in total. The standard InChI is InChI=1S/C18H28N4O2/c1-21(2)9-14-10-22(11-15(14)12-23)18(24)17-8-16(19-20-17)13-6-4-3-5-7-13/h3-7,14-17,19-20,23H,8-12H2,1-2H3/t14-,15-,16?,17?/m1/s1. The minimum atomic E-state index is -0.201. The highest BCUT2D eigenvalue weighted by atomic mass is 16.3. The molecular formula is C18H28N4O2. The number of carbonyl (C=O) groups excluding carboxylic acids is 1. The molecule has 0 bridgehead atoms. The zero-order chi connectivity index (χ0) is 17.1. The minimum Gasteiger partial charge on any atom is -0.396 e. The van der Waals surface area contributed by atoms with E-state index in [2.05, 4.69) is 27.9 Å². The van der Waals surface area contributed by atoms with Gasteiger partial charge in [0.25, 0.3) is 0 Å². The van der Waals surface area contributed by atoms with Gasteiger partial charge in [-0.25, -0.2) is 10.9 Å². The van der Waals surface area contributed by atoms with Crippen LogP contribution < -0.4 is 10.9 Å². The molecule has 3 N–H and O–H groups in total. The van der Waals surface area contributed by atoms with Crippen molar-refractivity contribution in [2.45, 2.75) is 18.5 Å². The Labute approximate surface area is 143 Å². The van der Waals surface area contributed by atoms with Crippen LogP contribution in [0.15, 0.2) is 30.3 Å². The summed E-state index contributed by atoms with van der Waals surface area (Å²) < 4.78 is 0. The van der Waals surface area contributed by atoms with Gasteiger partial charge in [-0.15, -0.1) is 0 Å². The quantitative estimate of drug-likeness (QED) is 0.720. The first-order valence-corrected chi connectivity index (χ1v) is 8.69. The van der Waals surface area contributed by atoms with E-state index >= 15 is 0 Å². The Bertz CT molecular complexity index is 551. The van der Waals surface area contributed by atoms with Gasteiger partial charge >= 0.3 is 0 Å². The van der Waals surface area contributed by atoms with E-state index in [1.54, 1.807) is 0 Å². The van der Waals surface area contributed by atoms with Gasteiger partial charge in [-0.3, -0.25) is 4.79 Å². The number of carbonyl (C=O) groups is 1. The topological polar surface area (TPSA) is 67.8 Å². The molecule has 2 aliphatic rings. The average molecular weight is 332 g/mol. The Morgan fingerprint density at radius 1 is 1.21 bits per heavy atom. The highest BCUT2D eigenvalue weighted by Crippen LogP contribution is 2.27. The number of hydrogen-bond donors (Lipinski definition) is 3. The van der Waals surface area contributed by atoms with Crippen LogP contribution in [0.1, 0.15) is 18.0 Å². The summed E-state index contributed by atoms with van der Waals surface area (Å²) in [6.07, 6.45) is 0.751. The second-order valence-electron chi connectivity index (χ2n) is 7.25. The largest absolute Gasteiger partial charge is 0.396 e. The van der Waals surface area contributed by atoms with E-state index < -0.39 is 0 Å². The maximum atomic E-state index is 12.8. The van der Waals surface area contributed by atoms with Crippen LogP contribution in [0.5, 0.6) is 0 Å². The zero-order valence-electron chi connectivity index (χ0n) is 14.5. The van der Waals surface area contributed by atoms with E-state index in [-0.39, 0.29) is 30.5 Å². The highest BCUT2D eigenvalue weighted by Gasteiger charge is 2.39. The predicted molar refractivity (Wildman–Crippen MR) is 93.1 cm³/mol. The Balaban J connectivity index is 1.59. The van der Waals surface area contributed by atoms with Crippen LogP contribution in [0.3, 0.4) is 0 Å². The smallest absolute Gasteiger partial charge is 0.241 e. The summed E-state index contributed by atoms with van der Waals surface area (Å²) in [5.74, 6) is 0.657. The summed E-state index contributed by atoms with van der Waals surface area (Å²) >= 11 is 0. The molecule has 1 aromatic rings. The van der Waals surface area contributed by atoms with Gasteiger partial charge in [0.2, 0.25) is 5.91 Å². The van der Waals surface area contributed by atoms with Crippen LogP contribution in [0.2, 0.25) is 0 Å². The molecule has 0 saturated carbocycles. The fourth-order valence-electron chi connectivity index (χ4n) is 3.84. The number of rotatable bonds is 5. The molecule has 0 spiro atoms. The van der Waals surface area contributed by atoms with Gasteiger partial charge in [-0.1, -0.05) is 30.3 Å². The number of nitrogens with one attached hydrogen (secondary N) is 2. The summed E-state index contributed by atoms with van der Waals surface area (Å²) in [4.78, 5) is 16.9. The fraction of sp³-hybridized carbons (Fsp3) is 0.611. The minimum absolute atomic E-state index is 0.139. The SMILES string of the molecule is CN(C)C[C@@H]1CN(C(=O)C2CC(c3ccccc3)NN2)C[C@@H]1CO. The summed E-state index contributed by atoms with van der Waals surface area (Å²) in [6.45, 7) is 2.43. The van der Waals surface area contributed by atoms with Crippen LogP contribution in [0.4, 0.5) is 0 Å². The van der Waals surface area contributed by atoms with Gasteiger partial charge < -0.3 is 14.9 Å². The molecule has 2 heterocycles. The summed E-state index contributed by atoms with van der Waals surface area (Å²) in [6, 6.07) is 10.2. The van der Waals surface area contributed by atoms with Crippen molar-refractivity contribution in [2.24, 2.45) is 11.8 Å². The fourth-order valence-corrected chi connectivity index (χ4v) is 3.84. The first-order chi connectivity index (χ1) is 11.6. The first kappa shape index (κ1) is 17.4. The zero-order valence-corrected chi connectivity index (χ0v) is 14.5. The Morgan fingerprint density at radius 2 is 1.92 bits per heavy atom. The lowest BCUT2D eigenvalue weighted by atomic mass is 9.97. The summed E-state index contributed by atoms with van der Waals surface area (Å²) in [7, 11) is 4.07. The van der Waals surface area contributed by atoms with Crippen molar-refractivity contribution in [3.05, 3.63) is 35.9 Å². The second kappa shape index (κ2) is 7.61. The van der Waals surface area contributed by atoms with Gasteiger partial charge in [0.05, 0.1) is 0 Å². The second-order valence-corrected chi connectivity index (χ2v) is 7.25. The lowest BCUT2D eigenvalue weighted by molar-refractivity contribution is -0.132. The van der Waals surface area contributed by atoms with Crippen molar-refractivity contribution >= 4 is 5.91 Å². The van der Waals surface area contributed by atoms with Gasteiger partial charge in [0, 0.05) is 38.2 Å². The Kier molecular flexibility index (Phi) is 5.50. The van der Waals surface area contributed by atoms with Crippen LogP contribution in [-0.4, -0.2) is 67.2 Å². The number of benzene rings is 1. The predicted octanol–water partition coefficient (Wildman–Crippen LogP) is 0.223. The maximum Gasteiger partial charge on any atom is 0.241 e. The van der Waals surface area contributed by atoms with Crippen molar-refractivity contribution in [3.63, 3.8) is 0 Å². The molecule has 132 valence electrons. The van der Waals surface area contributed by atoms with Crippen LogP contribution in [0.25, 0.3) is 0 Å². The normalized spacial score (nSPS) is 30.2. The van der Waals surface area contributed by atoms with Gasteiger partial charge in [0.15, 0.2) is 0 Å². The molecule has 24 heavy (non-hydrogen) atoms. The third kappa shape index (κ3) is 3.78. The molecule has 0 aromatic heterocycles. The van der Waals surface area contributed by atoms with Crippen LogP contribution >= 0.6 is 0 Å². The molecule has 3 rings (SSSR count). The van der Waals surface area contributed by atoms with E-state index in [0.717, 1.165) is 19.5 Å². The molecule has 6 heteroatoms. The van der Waals surface area contributed by atoms with E-state index in [1.807, 2.05) is 37.2 Å². The molecule has 1 amide bonds. The molecule has 0 radical (unpaired) electrons. The molecule has 4 atom stereocenters. The van der Waals surface area contributed by atoms with Crippen molar-refractivity contribution in [3.8, 4) is 0 Å². The number of likely N-dealkylation sites (tertiary alicyclic amines) is 1. The number of aliphatic hydroxyl groups excluding tert-OH is 1. The number of amides is 1. The van der Waals surface area contributed by atoms with E-state index in [9.17, 15) is 9.90 Å².